The lowest BCUT2D eigenvalue weighted by Gasteiger charge is -2.24. The van der Waals surface area contributed by atoms with Gasteiger partial charge in [-0.15, -0.1) is 11.3 Å². The maximum Gasteiger partial charge on any atom is 0.0704 e. The minimum absolute atomic E-state index is 0.221. The first-order chi connectivity index (χ1) is 8.08. The molecule has 2 atom stereocenters. The predicted molar refractivity (Wildman–Crippen MR) is 73.8 cm³/mol. The quantitative estimate of drug-likeness (QED) is 0.870. The summed E-state index contributed by atoms with van der Waals surface area (Å²) < 4.78 is 5.81. The molecule has 1 aromatic heterocycles. The molecule has 1 fully saturated rings. The maximum atomic E-state index is 5.81. The second-order valence-corrected chi connectivity index (χ2v) is 6.59. The van der Waals surface area contributed by atoms with Crippen LogP contribution in [0.5, 0.6) is 0 Å². The highest BCUT2D eigenvalue weighted by Crippen LogP contribution is 2.26. The molecule has 0 aliphatic carbocycles. The molecule has 1 saturated heterocycles. The average molecular weight is 253 g/mol. The van der Waals surface area contributed by atoms with Crippen molar-refractivity contribution in [1.82, 2.24) is 5.32 Å². The van der Waals surface area contributed by atoms with Gasteiger partial charge in [-0.1, -0.05) is 19.9 Å². The molecule has 1 aromatic rings. The van der Waals surface area contributed by atoms with E-state index in [-0.39, 0.29) is 5.41 Å². The van der Waals surface area contributed by atoms with Crippen molar-refractivity contribution in [3.8, 4) is 0 Å². The zero-order chi connectivity index (χ0) is 12.3. The summed E-state index contributed by atoms with van der Waals surface area (Å²) in [6, 6.07) is 4.35. The fourth-order valence-corrected chi connectivity index (χ4v) is 3.18. The zero-order valence-electron chi connectivity index (χ0n) is 11.0. The molecule has 2 unspecified atom stereocenters. The van der Waals surface area contributed by atoms with Gasteiger partial charge in [0.25, 0.3) is 0 Å². The van der Waals surface area contributed by atoms with Gasteiger partial charge in [-0.25, -0.2) is 0 Å². The van der Waals surface area contributed by atoms with Gasteiger partial charge in [-0.3, -0.25) is 0 Å². The van der Waals surface area contributed by atoms with E-state index in [0.717, 1.165) is 13.1 Å². The summed E-state index contributed by atoms with van der Waals surface area (Å²) in [6.07, 6.45) is 3.28. The van der Waals surface area contributed by atoms with Gasteiger partial charge >= 0.3 is 0 Å². The maximum absolute atomic E-state index is 5.81. The molecule has 2 nitrogen and oxygen atoms in total. The fraction of sp³-hybridized carbons (Fsp3) is 0.714. The van der Waals surface area contributed by atoms with Crippen molar-refractivity contribution >= 4 is 11.3 Å². The first-order valence-electron chi connectivity index (χ1n) is 6.48. The molecule has 1 aliphatic rings. The fourth-order valence-electron chi connectivity index (χ4n) is 2.33. The third kappa shape index (κ3) is 3.54. The van der Waals surface area contributed by atoms with Gasteiger partial charge in [-0.05, 0) is 31.2 Å². The zero-order valence-corrected chi connectivity index (χ0v) is 11.8. The Balaban J connectivity index is 1.74. The van der Waals surface area contributed by atoms with Crippen LogP contribution in [0.4, 0.5) is 0 Å². The Hall–Kier alpha value is -0.380. The minimum atomic E-state index is 0.221. The van der Waals surface area contributed by atoms with Gasteiger partial charge in [0.1, 0.15) is 0 Å². The summed E-state index contributed by atoms with van der Waals surface area (Å²) >= 11 is 1.84. The van der Waals surface area contributed by atoms with Crippen LogP contribution in [0.25, 0.3) is 0 Å². The van der Waals surface area contributed by atoms with Crippen molar-refractivity contribution in [3.63, 3.8) is 0 Å². The van der Waals surface area contributed by atoms with Crippen LogP contribution >= 0.6 is 11.3 Å². The van der Waals surface area contributed by atoms with E-state index in [1.807, 2.05) is 11.3 Å². The highest BCUT2D eigenvalue weighted by Gasteiger charge is 2.24. The van der Waals surface area contributed by atoms with Gasteiger partial charge in [-0.2, -0.15) is 0 Å². The lowest BCUT2D eigenvalue weighted by Crippen LogP contribution is -2.36. The molecular formula is C14H23NOS. The van der Waals surface area contributed by atoms with Crippen molar-refractivity contribution in [3.05, 3.63) is 22.4 Å². The average Bonchev–Trinajstić information content (AvgIpc) is 2.89. The van der Waals surface area contributed by atoms with Crippen molar-refractivity contribution < 1.29 is 4.74 Å². The van der Waals surface area contributed by atoms with Crippen LogP contribution in [0, 0.1) is 0 Å². The molecule has 0 amide bonds. The number of thiophene rings is 1. The Bertz CT molecular complexity index is 334. The molecule has 1 N–H and O–H groups in total. The van der Waals surface area contributed by atoms with Crippen LogP contribution in [0.1, 0.15) is 38.5 Å². The van der Waals surface area contributed by atoms with Crippen molar-refractivity contribution in [2.24, 2.45) is 0 Å². The number of ether oxygens (including phenoxy) is 1. The molecule has 96 valence electrons. The molecule has 1 aliphatic heterocycles. The van der Waals surface area contributed by atoms with E-state index in [1.54, 1.807) is 0 Å². The number of nitrogens with one attached hydrogen (secondary N) is 1. The monoisotopic (exact) mass is 253 g/mol. The second-order valence-electron chi connectivity index (χ2n) is 5.64. The molecule has 0 saturated carbocycles. The smallest absolute Gasteiger partial charge is 0.0704 e. The Kier molecular flexibility index (Phi) is 4.23. The first kappa shape index (κ1) is 13.1. The molecule has 2 rings (SSSR count). The van der Waals surface area contributed by atoms with E-state index < -0.39 is 0 Å². The normalized spacial score (nSPS) is 25.4. The number of hydrogen-bond acceptors (Lipinski definition) is 3. The van der Waals surface area contributed by atoms with Crippen LogP contribution in [-0.2, 0) is 10.2 Å². The van der Waals surface area contributed by atoms with Gasteiger partial charge < -0.3 is 10.1 Å². The largest absolute Gasteiger partial charge is 0.374 e. The highest BCUT2D eigenvalue weighted by atomic mass is 32.1. The van der Waals surface area contributed by atoms with Crippen molar-refractivity contribution in [2.45, 2.75) is 51.2 Å². The molecule has 2 heterocycles. The van der Waals surface area contributed by atoms with E-state index in [9.17, 15) is 0 Å². The van der Waals surface area contributed by atoms with E-state index >= 15 is 0 Å². The Morgan fingerprint density at radius 2 is 2.29 bits per heavy atom. The predicted octanol–water partition coefficient (Wildman–Crippen LogP) is 3.18. The van der Waals surface area contributed by atoms with Crippen LogP contribution < -0.4 is 5.32 Å². The van der Waals surface area contributed by atoms with Crippen LogP contribution in [0.3, 0.4) is 0 Å². The lowest BCUT2D eigenvalue weighted by atomic mass is 9.91. The molecule has 0 bridgehead atoms. The third-order valence-corrected chi connectivity index (χ3v) is 4.68. The summed E-state index contributed by atoms with van der Waals surface area (Å²) in [5, 5.41) is 5.71. The molecule has 3 heteroatoms. The van der Waals surface area contributed by atoms with Crippen LogP contribution in [0.2, 0.25) is 0 Å². The Morgan fingerprint density at radius 3 is 2.88 bits per heavy atom. The third-order valence-electron chi connectivity index (χ3n) is 3.45. The Morgan fingerprint density at radius 1 is 1.47 bits per heavy atom. The number of rotatable bonds is 5. The molecule has 0 radical (unpaired) electrons. The summed E-state index contributed by atoms with van der Waals surface area (Å²) in [4.78, 5) is 1.45. The lowest BCUT2D eigenvalue weighted by molar-refractivity contribution is 0.0555. The van der Waals surface area contributed by atoms with Gasteiger partial charge in [0.2, 0.25) is 0 Å². The van der Waals surface area contributed by atoms with Crippen molar-refractivity contribution in [1.29, 1.82) is 0 Å². The first-order valence-corrected chi connectivity index (χ1v) is 7.36. The van der Waals surface area contributed by atoms with E-state index in [4.69, 9.17) is 4.74 Å². The van der Waals surface area contributed by atoms with E-state index in [1.165, 1.54) is 17.7 Å². The van der Waals surface area contributed by atoms with Gasteiger partial charge in [0.05, 0.1) is 12.2 Å². The van der Waals surface area contributed by atoms with Crippen LogP contribution in [0.15, 0.2) is 17.5 Å². The second kappa shape index (κ2) is 5.51. The van der Waals surface area contributed by atoms with Crippen molar-refractivity contribution in [2.75, 3.05) is 13.1 Å². The van der Waals surface area contributed by atoms with Crippen LogP contribution in [-0.4, -0.2) is 25.3 Å². The summed E-state index contributed by atoms with van der Waals surface area (Å²) in [6.45, 7) is 8.75. The summed E-state index contributed by atoms with van der Waals surface area (Å²) in [7, 11) is 0. The summed E-state index contributed by atoms with van der Waals surface area (Å²) in [5.74, 6) is 0. The topological polar surface area (TPSA) is 21.3 Å². The molecular weight excluding hydrogens is 230 g/mol. The SMILES string of the molecule is CC1CCC(CNCC(C)(C)c2cccs2)O1. The van der Waals surface area contributed by atoms with E-state index in [2.05, 4.69) is 43.6 Å². The van der Waals surface area contributed by atoms with Gasteiger partial charge in [0, 0.05) is 23.4 Å². The molecule has 17 heavy (non-hydrogen) atoms. The molecule has 0 spiro atoms. The minimum Gasteiger partial charge on any atom is -0.374 e. The standard InChI is InChI=1S/C14H23NOS/c1-11-6-7-12(16-11)9-15-10-14(2,3)13-5-4-8-17-13/h4-5,8,11-12,15H,6-7,9-10H2,1-3H3. The Labute approximate surface area is 108 Å². The summed E-state index contributed by atoms with van der Waals surface area (Å²) in [5.41, 5.74) is 0.221. The molecule has 0 aromatic carbocycles. The van der Waals surface area contributed by atoms with Gasteiger partial charge in [0.15, 0.2) is 0 Å². The number of hydrogen-bond donors (Lipinski definition) is 1. The van der Waals surface area contributed by atoms with E-state index in [0.29, 0.717) is 12.2 Å². The highest BCUT2D eigenvalue weighted by molar-refractivity contribution is 7.10.